The van der Waals surface area contributed by atoms with Crippen LogP contribution in [0.25, 0.3) is 6.08 Å². The van der Waals surface area contributed by atoms with Crippen LogP contribution in [0.4, 0.5) is 0 Å². The highest BCUT2D eigenvalue weighted by Crippen LogP contribution is 2.10. The third kappa shape index (κ3) is 13.4. The molecule has 0 amide bonds. The second-order valence-corrected chi connectivity index (χ2v) is 6.47. The summed E-state index contributed by atoms with van der Waals surface area (Å²) in [5, 5.41) is 0. The van der Waals surface area contributed by atoms with Gasteiger partial charge in [0.15, 0.2) is 0 Å². The molecule has 134 valence electrons. The molecular formula is C21H38ClN. The Hall–Kier alpha value is -0.790. The summed E-state index contributed by atoms with van der Waals surface area (Å²) in [5.41, 5.74) is 1.17. The van der Waals surface area contributed by atoms with Gasteiger partial charge in [0, 0.05) is 0 Å². The zero-order valence-electron chi connectivity index (χ0n) is 15.9. The Morgan fingerprint density at radius 3 is 1.48 bits per heavy atom. The van der Waals surface area contributed by atoms with E-state index in [0.29, 0.717) is 0 Å². The molecule has 0 radical (unpaired) electrons. The fourth-order valence-electron chi connectivity index (χ4n) is 2.54. The van der Waals surface area contributed by atoms with Crippen molar-refractivity contribution >= 4 is 6.08 Å². The van der Waals surface area contributed by atoms with E-state index in [0.717, 1.165) is 0 Å². The maximum absolute atomic E-state index is 3.63. The van der Waals surface area contributed by atoms with Crippen LogP contribution in [0.15, 0.2) is 36.9 Å². The third-order valence-electron chi connectivity index (χ3n) is 4.19. The molecule has 1 rings (SSSR count). The van der Waals surface area contributed by atoms with Crippen LogP contribution in [0.3, 0.4) is 0 Å². The van der Waals surface area contributed by atoms with Crippen LogP contribution < -0.4 is 12.4 Å². The highest BCUT2D eigenvalue weighted by atomic mass is 35.5. The predicted octanol–water partition coefficient (Wildman–Crippen LogP) is 3.17. The first-order chi connectivity index (χ1) is 10.6. The van der Waals surface area contributed by atoms with E-state index in [9.17, 15) is 0 Å². The van der Waals surface area contributed by atoms with Crippen molar-refractivity contribution in [3.8, 4) is 0 Å². The fourth-order valence-corrected chi connectivity index (χ4v) is 2.54. The standard InChI is InChI=1S/C13H30N.C8H8.ClH/c1-5-8-11-14(4,12-9-6-2)13-10-7-3;1-2-8-6-4-3-5-7-8;/h5-13H2,1-4H3;2-7H,1H2;1H/q+1;;/p-1. The molecule has 0 bridgehead atoms. The van der Waals surface area contributed by atoms with Gasteiger partial charge in [-0.05, 0) is 24.8 Å². The number of unbranched alkanes of at least 4 members (excludes halogenated alkanes) is 3. The van der Waals surface area contributed by atoms with Crippen LogP contribution >= 0.6 is 0 Å². The largest absolute Gasteiger partial charge is 1.00 e. The zero-order valence-corrected chi connectivity index (χ0v) is 16.6. The Balaban J connectivity index is 0. The molecular weight excluding hydrogens is 302 g/mol. The number of hydrogen-bond acceptors (Lipinski definition) is 0. The Morgan fingerprint density at radius 2 is 1.22 bits per heavy atom. The SMILES string of the molecule is C=Cc1ccccc1.CCCC[N+](C)(CCCC)CCCC.[Cl-]. The lowest BCUT2D eigenvalue weighted by Gasteiger charge is -2.34. The highest BCUT2D eigenvalue weighted by Gasteiger charge is 2.18. The van der Waals surface area contributed by atoms with Crippen molar-refractivity contribution < 1.29 is 16.9 Å². The Labute approximate surface area is 151 Å². The average molecular weight is 340 g/mol. The van der Waals surface area contributed by atoms with Gasteiger partial charge >= 0.3 is 0 Å². The van der Waals surface area contributed by atoms with Crippen LogP contribution in [0, 0.1) is 0 Å². The summed E-state index contributed by atoms with van der Waals surface area (Å²) < 4.78 is 1.32. The summed E-state index contributed by atoms with van der Waals surface area (Å²) in [4.78, 5) is 0. The van der Waals surface area contributed by atoms with Crippen molar-refractivity contribution in [1.29, 1.82) is 0 Å². The predicted molar refractivity (Wildman–Crippen MR) is 102 cm³/mol. The molecule has 0 N–H and O–H groups in total. The average Bonchev–Trinajstić information content (AvgIpc) is 2.58. The molecule has 0 atom stereocenters. The smallest absolute Gasteiger partial charge is 0.0784 e. The van der Waals surface area contributed by atoms with E-state index in [1.54, 1.807) is 0 Å². The van der Waals surface area contributed by atoms with Crippen LogP contribution in [0.2, 0.25) is 0 Å². The molecule has 1 aromatic carbocycles. The minimum Gasteiger partial charge on any atom is -1.00 e. The lowest BCUT2D eigenvalue weighted by atomic mass is 10.2. The van der Waals surface area contributed by atoms with Gasteiger partial charge in [-0.15, -0.1) is 0 Å². The van der Waals surface area contributed by atoms with E-state index in [-0.39, 0.29) is 12.4 Å². The topological polar surface area (TPSA) is 0 Å². The lowest BCUT2D eigenvalue weighted by molar-refractivity contribution is -0.910. The van der Waals surface area contributed by atoms with E-state index in [1.807, 2.05) is 36.4 Å². The van der Waals surface area contributed by atoms with Gasteiger partial charge in [0.2, 0.25) is 0 Å². The molecule has 0 aliphatic heterocycles. The summed E-state index contributed by atoms with van der Waals surface area (Å²) in [6.07, 6.45) is 10.0. The molecule has 0 heterocycles. The van der Waals surface area contributed by atoms with Gasteiger partial charge in [0.05, 0.1) is 26.7 Å². The van der Waals surface area contributed by atoms with E-state index >= 15 is 0 Å². The molecule has 1 aromatic rings. The Kier molecular flexibility index (Phi) is 17.1. The van der Waals surface area contributed by atoms with Crippen molar-refractivity contribution in [1.82, 2.24) is 0 Å². The van der Waals surface area contributed by atoms with Gasteiger partial charge in [0.1, 0.15) is 0 Å². The number of benzene rings is 1. The van der Waals surface area contributed by atoms with E-state index < -0.39 is 0 Å². The minimum absolute atomic E-state index is 0. The fraction of sp³-hybridized carbons (Fsp3) is 0.619. The molecule has 1 nitrogen and oxygen atoms in total. The maximum Gasteiger partial charge on any atom is 0.0784 e. The maximum atomic E-state index is 3.63. The number of nitrogens with zero attached hydrogens (tertiary/aromatic N) is 1. The van der Waals surface area contributed by atoms with Gasteiger partial charge in [-0.1, -0.05) is 83.0 Å². The summed E-state index contributed by atoms with van der Waals surface area (Å²) in [5.74, 6) is 0. The molecule has 0 unspecified atom stereocenters. The molecule has 0 fully saturated rings. The monoisotopic (exact) mass is 339 g/mol. The zero-order chi connectivity index (χ0) is 16.7. The van der Waals surface area contributed by atoms with Crippen molar-refractivity contribution in [3.05, 3.63) is 42.5 Å². The number of rotatable bonds is 10. The quantitative estimate of drug-likeness (QED) is 0.574. The summed E-state index contributed by atoms with van der Waals surface area (Å²) in [6.45, 7) is 14.7. The number of halogens is 1. The first-order valence-corrected chi connectivity index (χ1v) is 9.12. The van der Waals surface area contributed by atoms with Crippen LogP contribution in [-0.2, 0) is 0 Å². The van der Waals surface area contributed by atoms with Gasteiger partial charge in [-0.25, -0.2) is 0 Å². The van der Waals surface area contributed by atoms with Gasteiger partial charge in [-0.2, -0.15) is 0 Å². The first kappa shape index (κ1) is 24.5. The lowest BCUT2D eigenvalue weighted by Crippen LogP contribution is -3.00. The van der Waals surface area contributed by atoms with E-state index in [2.05, 4.69) is 34.4 Å². The molecule has 0 saturated carbocycles. The van der Waals surface area contributed by atoms with E-state index in [4.69, 9.17) is 0 Å². The molecule has 0 aliphatic carbocycles. The minimum atomic E-state index is 0. The Bertz CT molecular complexity index is 340. The second kappa shape index (κ2) is 16.1. The van der Waals surface area contributed by atoms with Crippen LogP contribution in [0.5, 0.6) is 0 Å². The van der Waals surface area contributed by atoms with Crippen molar-refractivity contribution in [2.45, 2.75) is 59.3 Å². The van der Waals surface area contributed by atoms with E-state index in [1.165, 1.54) is 68.2 Å². The normalized spacial score (nSPS) is 10.3. The van der Waals surface area contributed by atoms with Crippen molar-refractivity contribution in [2.75, 3.05) is 26.7 Å². The molecule has 0 aromatic heterocycles. The molecule has 23 heavy (non-hydrogen) atoms. The first-order valence-electron chi connectivity index (χ1n) is 9.12. The van der Waals surface area contributed by atoms with Crippen LogP contribution in [-0.4, -0.2) is 31.2 Å². The van der Waals surface area contributed by atoms with Crippen LogP contribution in [0.1, 0.15) is 64.9 Å². The Morgan fingerprint density at radius 1 is 0.826 bits per heavy atom. The number of quaternary nitrogens is 1. The molecule has 0 saturated heterocycles. The summed E-state index contributed by atoms with van der Waals surface area (Å²) >= 11 is 0. The number of hydrogen-bond donors (Lipinski definition) is 0. The third-order valence-corrected chi connectivity index (χ3v) is 4.19. The summed E-state index contributed by atoms with van der Waals surface area (Å²) in [6, 6.07) is 10.0. The van der Waals surface area contributed by atoms with Gasteiger partial charge < -0.3 is 16.9 Å². The van der Waals surface area contributed by atoms with Crippen molar-refractivity contribution in [2.24, 2.45) is 0 Å². The highest BCUT2D eigenvalue weighted by molar-refractivity contribution is 5.45. The molecule has 2 heteroatoms. The van der Waals surface area contributed by atoms with Gasteiger partial charge in [0.25, 0.3) is 0 Å². The second-order valence-electron chi connectivity index (χ2n) is 6.47. The van der Waals surface area contributed by atoms with Gasteiger partial charge in [-0.3, -0.25) is 0 Å². The van der Waals surface area contributed by atoms with Crippen molar-refractivity contribution in [3.63, 3.8) is 0 Å². The molecule has 0 aliphatic rings. The summed E-state index contributed by atoms with van der Waals surface area (Å²) in [7, 11) is 2.45. The molecule has 0 spiro atoms.